The fourth-order valence-corrected chi connectivity index (χ4v) is 1.91. The summed E-state index contributed by atoms with van der Waals surface area (Å²) in [4.78, 5) is 11.7. The van der Waals surface area contributed by atoms with Crippen molar-refractivity contribution in [1.29, 1.82) is 0 Å². The van der Waals surface area contributed by atoms with Gasteiger partial charge in [0.05, 0.1) is 12.8 Å². The van der Waals surface area contributed by atoms with E-state index < -0.39 is 0 Å². The molecule has 0 aliphatic carbocycles. The predicted octanol–water partition coefficient (Wildman–Crippen LogP) is 2.73. The van der Waals surface area contributed by atoms with E-state index in [1.54, 1.807) is 29.9 Å². The Balaban J connectivity index is 2.45. The summed E-state index contributed by atoms with van der Waals surface area (Å²) in [7, 11) is 3.32. The number of Topliss-reactive ketones (excluding diaryl/α,β-unsaturated/α-hetero) is 1. The highest BCUT2D eigenvalue weighted by Crippen LogP contribution is 2.32. The zero-order valence-electron chi connectivity index (χ0n) is 11.4. The van der Waals surface area contributed by atoms with Crippen LogP contribution in [-0.2, 0) is 7.05 Å². The van der Waals surface area contributed by atoms with Gasteiger partial charge in [-0.2, -0.15) is 5.10 Å². The van der Waals surface area contributed by atoms with E-state index in [2.05, 4.69) is 5.10 Å². The van der Waals surface area contributed by atoms with Gasteiger partial charge in [-0.3, -0.25) is 4.79 Å². The molecular weight excluding hydrogens is 244 g/mol. The van der Waals surface area contributed by atoms with Gasteiger partial charge >= 0.3 is 0 Å². The summed E-state index contributed by atoms with van der Waals surface area (Å²) >= 11 is 0. The number of benzene rings is 1. The summed E-state index contributed by atoms with van der Waals surface area (Å²) in [6.45, 7) is 3.36. The number of aryl methyl sites for hydroxylation is 2. The van der Waals surface area contributed by atoms with E-state index in [1.807, 2.05) is 13.0 Å². The summed E-state index contributed by atoms with van der Waals surface area (Å²) < 4.78 is 12.6. The largest absolute Gasteiger partial charge is 0.496 e. The van der Waals surface area contributed by atoms with Gasteiger partial charge in [-0.1, -0.05) is 6.07 Å². The standard InChI is InChI=1S/C14H16N2O3/c1-9-8-13(16(3)15-9)19-12-7-5-6-11(18-4)14(12)10(2)17/h5-8H,1-4H3. The molecule has 0 bridgehead atoms. The number of carbonyl (C=O) groups excluding carboxylic acids is 1. The third kappa shape index (κ3) is 2.59. The number of ether oxygens (including phenoxy) is 2. The zero-order chi connectivity index (χ0) is 14.0. The molecule has 2 rings (SSSR count). The molecule has 0 amide bonds. The number of aromatic nitrogens is 2. The molecule has 0 spiro atoms. The number of methoxy groups -OCH3 is 1. The van der Waals surface area contributed by atoms with Crippen LogP contribution in [0.5, 0.6) is 17.4 Å². The molecule has 19 heavy (non-hydrogen) atoms. The van der Waals surface area contributed by atoms with E-state index in [9.17, 15) is 4.79 Å². The number of rotatable bonds is 4. The van der Waals surface area contributed by atoms with Gasteiger partial charge in [0.25, 0.3) is 0 Å². The van der Waals surface area contributed by atoms with E-state index in [1.165, 1.54) is 14.0 Å². The van der Waals surface area contributed by atoms with Crippen LogP contribution in [0.1, 0.15) is 23.0 Å². The third-order valence-electron chi connectivity index (χ3n) is 2.73. The van der Waals surface area contributed by atoms with Crippen molar-refractivity contribution in [3.63, 3.8) is 0 Å². The van der Waals surface area contributed by atoms with Gasteiger partial charge in [-0.05, 0) is 26.0 Å². The molecule has 1 heterocycles. The van der Waals surface area contributed by atoms with Crippen LogP contribution in [0, 0.1) is 6.92 Å². The Morgan fingerprint density at radius 2 is 2.00 bits per heavy atom. The van der Waals surface area contributed by atoms with Crippen molar-refractivity contribution < 1.29 is 14.3 Å². The third-order valence-corrected chi connectivity index (χ3v) is 2.73. The molecule has 1 aromatic carbocycles. The molecular formula is C14H16N2O3. The van der Waals surface area contributed by atoms with E-state index in [-0.39, 0.29) is 5.78 Å². The van der Waals surface area contributed by atoms with Gasteiger partial charge in [0.15, 0.2) is 5.78 Å². The number of carbonyl (C=O) groups is 1. The molecule has 0 atom stereocenters. The quantitative estimate of drug-likeness (QED) is 0.793. The van der Waals surface area contributed by atoms with Gasteiger partial charge in [0.2, 0.25) is 5.88 Å². The van der Waals surface area contributed by atoms with Gasteiger partial charge in [0, 0.05) is 13.1 Å². The summed E-state index contributed by atoms with van der Waals surface area (Å²) in [5.41, 5.74) is 1.29. The molecule has 0 unspecified atom stereocenters. The maximum absolute atomic E-state index is 11.7. The second-order valence-electron chi connectivity index (χ2n) is 4.24. The van der Waals surface area contributed by atoms with Crippen LogP contribution >= 0.6 is 0 Å². The Morgan fingerprint density at radius 1 is 1.32 bits per heavy atom. The lowest BCUT2D eigenvalue weighted by Gasteiger charge is -2.12. The lowest BCUT2D eigenvalue weighted by atomic mass is 10.1. The molecule has 0 fully saturated rings. The highest BCUT2D eigenvalue weighted by molar-refractivity contribution is 5.99. The molecule has 0 radical (unpaired) electrons. The van der Waals surface area contributed by atoms with Gasteiger partial charge < -0.3 is 9.47 Å². The Labute approximate surface area is 111 Å². The number of hydrogen-bond acceptors (Lipinski definition) is 4. The normalized spacial score (nSPS) is 10.3. The maximum Gasteiger partial charge on any atom is 0.217 e. The van der Waals surface area contributed by atoms with Crippen molar-refractivity contribution in [1.82, 2.24) is 9.78 Å². The Bertz CT molecular complexity index is 617. The van der Waals surface area contributed by atoms with Crippen molar-refractivity contribution in [3.05, 3.63) is 35.5 Å². The molecule has 0 N–H and O–H groups in total. The van der Waals surface area contributed by atoms with Crippen molar-refractivity contribution in [2.45, 2.75) is 13.8 Å². The topological polar surface area (TPSA) is 53.4 Å². The van der Waals surface area contributed by atoms with Gasteiger partial charge in [-0.15, -0.1) is 0 Å². The lowest BCUT2D eigenvalue weighted by Crippen LogP contribution is -2.02. The molecule has 100 valence electrons. The fraction of sp³-hybridized carbons (Fsp3) is 0.286. The smallest absolute Gasteiger partial charge is 0.217 e. The lowest BCUT2D eigenvalue weighted by molar-refractivity contribution is 0.101. The minimum atomic E-state index is -0.105. The van der Waals surface area contributed by atoms with Crippen LogP contribution < -0.4 is 9.47 Å². The van der Waals surface area contributed by atoms with Crippen LogP contribution in [0.2, 0.25) is 0 Å². The first-order valence-corrected chi connectivity index (χ1v) is 5.89. The summed E-state index contributed by atoms with van der Waals surface area (Å²) in [5, 5.41) is 4.20. The summed E-state index contributed by atoms with van der Waals surface area (Å²) in [6.07, 6.45) is 0. The monoisotopic (exact) mass is 260 g/mol. The maximum atomic E-state index is 11.7. The molecule has 0 saturated carbocycles. The van der Waals surface area contributed by atoms with E-state index >= 15 is 0 Å². The van der Waals surface area contributed by atoms with Crippen molar-refractivity contribution in [2.24, 2.45) is 7.05 Å². The number of hydrogen-bond donors (Lipinski definition) is 0. The minimum absolute atomic E-state index is 0.105. The molecule has 0 aliphatic rings. The molecule has 1 aromatic heterocycles. The predicted molar refractivity (Wildman–Crippen MR) is 71.0 cm³/mol. The van der Waals surface area contributed by atoms with Gasteiger partial charge in [0.1, 0.15) is 17.1 Å². The van der Waals surface area contributed by atoms with Crippen molar-refractivity contribution in [2.75, 3.05) is 7.11 Å². The average Bonchev–Trinajstić information content (AvgIpc) is 2.67. The molecule has 2 aromatic rings. The zero-order valence-corrected chi connectivity index (χ0v) is 11.4. The van der Waals surface area contributed by atoms with Crippen LogP contribution in [0.3, 0.4) is 0 Å². The van der Waals surface area contributed by atoms with Crippen LogP contribution in [0.4, 0.5) is 0 Å². The van der Waals surface area contributed by atoms with Crippen LogP contribution in [-0.4, -0.2) is 22.7 Å². The summed E-state index contributed by atoms with van der Waals surface area (Å²) in [6, 6.07) is 7.06. The summed E-state index contributed by atoms with van der Waals surface area (Å²) in [5.74, 6) is 1.44. The Kier molecular flexibility index (Phi) is 3.55. The Hall–Kier alpha value is -2.30. The van der Waals surface area contributed by atoms with Gasteiger partial charge in [-0.25, -0.2) is 4.68 Å². The van der Waals surface area contributed by atoms with Crippen LogP contribution in [0.25, 0.3) is 0 Å². The van der Waals surface area contributed by atoms with E-state index in [0.717, 1.165) is 5.69 Å². The Morgan fingerprint density at radius 3 is 2.53 bits per heavy atom. The molecule has 0 saturated heterocycles. The SMILES string of the molecule is COc1cccc(Oc2cc(C)nn2C)c1C(C)=O. The first-order valence-electron chi connectivity index (χ1n) is 5.89. The van der Waals surface area contributed by atoms with E-state index in [4.69, 9.17) is 9.47 Å². The van der Waals surface area contributed by atoms with E-state index in [0.29, 0.717) is 22.9 Å². The van der Waals surface area contributed by atoms with Crippen molar-refractivity contribution in [3.8, 4) is 17.4 Å². The first kappa shape index (κ1) is 13.1. The molecule has 0 aliphatic heterocycles. The average molecular weight is 260 g/mol. The number of ketones is 1. The minimum Gasteiger partial charge on any atom is -0.496 e. The van der Waals surface area contributed by atoms with Crippen LogP contribution in [0.15, 0.2) is 24.3 Å². The highest BCUT2D eigenvalue weighted by Gasteiger charge is 2.16. The first-order chi connectivity index (χ1) is 9.02. The fourth-order valence-electron chi connectivity index (χ4n) is 1.91. The van der Waals surface area contributed by atoms with Crippen molar-refractivity contribution >= 4 is 5.78 Å². The highest BCUT2D eigenvalue weighted by atomic mass is 16.5. The molecule has 5 nitrogen and oxygen atoms in total. The second-order valence-corrected chi connectivity index (χ2v) is 4.24. The molecule has 5 heteroatoms. The number of nitrogens with zero attached hydrogens (tertiary/aromatic N) is 2. The second kappa shape index (κ2) is 5.14.